The smallest absolute Gasteiger partial charge is 0.329 e. The summed E-state index contributed by atoms with van der Waals surface area (Å²) in [6.45, 7) is 0.0739. The molecule has 0 fully saturated rings. The third kappa shape index (κ3) is 1.60. The number of rotatable bonds is 1. The average molecular weight is 211 g/mol. The lowest BCUT2D eigenvalue weighted by Crippen LogP contribution is -2.45. The zero-order chi connectivity index (χ0) is 11.0. The van der Waals surface area contributed by atoms with E-state index in [9.17, 15) is 9.18 Å². The number of carboxylic acid groups (broad SMARTS) is 1. The van der Waals surface area contributed by atoms with Crippen LogP contribution < -0.4 is 9.64 Å². The van der Waals surface area contributed by atoms with Crippen LogP contribution in [-0.2, 0) is 4.79 Å². The van der Waals surface area contributed by atoms with Gasteiger partial charge in [0, 0.05) is 13.1 Å². The number of hydrogen-bond donors (Lipinski definition) is 1. The van der Waals surface area contributed by atoms with Gasteiger partial charge in [-0.2, -0.15) is 0 Å². The largest absolute Gasteiger partial charge is 0.489 e. The molecule has 0 aliphatic carbocycles. The van der Waals surface area contributed by atoms with Gasteiger partial charge in [0.15, 0.2) is 6.04 Å². The number of carbonyl (C=O) groups is 1. The number of nitrogens with zero attached hydrogens (tertiary/aromatic N) is 1. The Morgan fingerprint density at radius 1 is 1.67 bits per heavy atom. The van der Waals surface area contributed by atoms with Crippen LogP contribution in [0.1, 0.15) is 0 Å². The number of hydrogen-bond acceptors (Lipinski definition) is 3. The molecular weight excluding hydrogens is 201 g/mol. The van der Waals surface area contributed by atoms with Crippen molar-refractivity contribution in [2.24, 2.45) is 0 Å². The van der Waals surface area contributed by atoms with E-state index in [1.807, 2.05) is 0 Å². The van der Waals surface area contributed by atoms with Crippen LogP contribution >= 0.6 is 0 Å². The summed E-state index contributed by atoms with van der Waals surface area (Å²) in [5.41, 5.74) is 0.466. The quantitative estimate of drug-likeness (QED) is 0.755. The number of carboxylic acids is 1. The number of anilines is 1. The number of ether oxygens (including phenoxy) is 1. The van der Waals surface area contributed by atoms with E-state index < -0.39 is 17.8 Å². The molecule has 4 nitrogen and oxygen atoms in total. The third-order valence-corrected chi connectivity index (χ3v) is 2.45. The fraction of sp³-hybridized carbons (Fsp3) is 0.300. The van der Waals surface area contributed by atoms with Gasteiger partial charge in [-0.25, -0.2) is 9.18 Å². The fourth-order valence-electron chi connectivity index (χ4n) is 1.57. The Kier molecular flexibility index (Phi) is 2.22. The van der Waals surface area contributed by atoms with Crippen LogP contribution in [0.4, 0.5) is 10.1 Å². The van der Waals surface area contributed by atoms with E-state index in [-0.39, 0.29) is 6.61 Å². The topological polar surface area (TPSA) is 49.8 Å². The maximum Gasteiger partial charge on any atom is 0.329 e. The molecule has 15 heavy (non-hydrogen) atoms. The minimum atomic E-state index is -0.979. The molecule has 1 atom stereocenters. The molecular formula is C10H10FNO3. The summed E-state index contributed by atoms with van der Waals surface area (Å²) in [7, 11) is 1.61. The first-order valence-corrected chi connectivity index (χ1v) is 4.47. The van der Waals surface area contributed by atoms with Crippen LogP contribution in [0.25, 0.3) is 0 Å². The van der Waals surface area contributed by atoms with Gasteiger partial charge in [-0.1, -0.05) is 0 Å². The molecule has 1 aromatic rings. The van der Waals surface area contributed by atoms with Gasteiger partial charge in [-0.05, 0) is 12.1 Å². The standard InChI is InChI=1S/C10H10FNO3/c1-12-7-4-6(11)2-3-9(7)15-5-8(12)10(13)14/h2-4,8H,5H2,1H3,(H,13,14). The number of aliphatic carboxylic acids is 1. The lowest BCUT2D eigenvalue weighted by molar-refractivity contribution is -0.139. The van der Waals surface area contributed by atoms with Crippen LogP contribution in [-0.4, -0.2) is 30.8 Å². The SMILES string of the molecule is CN1c2cc(F)ccc2OCC1C(=O)O. The van der Waals surface area contributed by atoms with Gasteiger partial charge in [-0.3, -0.25) is 0 Å². The minimum Gasteiger partial charge on any atom is -0.489 e. The second-order valence-corrected chi connectivity index (χ2v) is 3.39. The molecule has 2 rings (SSSR count). The summed E-state index contributed by atoms with van der Waals surface area (Å²) in [4.78, 5) is 12.3. The maximum atomic E-state index is 13.0. The summed E-state index contributed by atoms with van der Waals surface area (Å²) < 4.78 is 18.2. The molecule has 0 radical (unpaired) electrons. The zero-order valence-electron chi connectivity index (χ0n) is 8.11. The van der Waals surface area contributed by atoms with Crippen molar-refractivity contribution in [1.29, 1.82) is 0 Å². The van der Waals surface area contributed by atoms with E-state index in [0.717, 1.165) is 0 Å². The molecule has 1 N–H and O–H groups in total. The van der Waals surface area contributed by atoms with Gasteiger partial charge >= 0.3 is 5.97 Å². The zero-order valence-corrected chi connectivity index (χ0v) is 8.11. The molecule has 1 aliphatic heterocycles. The number of fused-ring (bicyclic) bond motifs is 1. The molecule has 0 bridgehead atoms. The van der Waals surface area contributed by atoms with Crippen molar-refractivity contribution in [1.82, 2.24) is 0 Å². The van der Waals surface area contributed by atoms with Gasteiger partial charge in [0.05, 0.1) is 5.69 Å². The second kappa shape index (κ2) is 3.42. The molecule has 0 saturated heterocycles. The van der Waals surface area contributed by atoms with E-state index in [0.29, 0.717) is 11.4 Å². The molecule has 5 heteroatoms. The lowest BCUT2D eigenvalue weighted by Gasteiger charge is -2.33. The van der Waals surface area contributed by atoms with E-state index in [2.05, 4.69) is 0 Å². The van der Waals surface area contributed by atoms with Gasteiger partial charge in [0.25, 0.3) is 0 Å². The van der Waals surface area contributed by atoms with E-state index in [1.165, 1.54) is 23.1 Å². The van der Waals surface area contributed by atoms with Crippen molar-refractivity contribution in [2.75, 3.05) is 18.6 Å². The van der Waals surface area contributed by atoms with Crippen LogP contribution in [0.2, 0.25) is 0 Å². The fourth-order valence-corrected chi connectivity index (χ4v) is 1.57. The second-order valence-electron chi connectivity index (χ2n) is 3.39. The van der Waals surface area contributed by atoms with Crippen LogP contribution in [0.5, 0.6) is 5.75 Å². The lowest BCUT2D eigenvalue weighted by atomic mass is 10.1. The van der Waals surface area contributed by atoms with Crippen molar-refractivity contribution >= 4 is 11.7 Å². The maximum absolute atomic E-state index is 13.0. The van der Waals surface area contributed by atoms with E-state index >= 15 is 0 Å². The summed E-state index contributed by atoms with van der Waals surface area (Å²) >= 11 is 0. The molecule has 0 saturated carbocycles. The molecule has 0 spiro atoms. The molecule has 1 unspecified atom stereocenters. The Labute approximate surface area is 85.9 Å². The Morgan fingerprint density at radius 2 is 2.40 bits per heavy atom. The van der Waals surface area contributed by atoms with E-state index in [4.69, 9.17) is 9.84 Å². The van der Waals surface area contributed by atoms with Crippen molar-refractivity contribution in [2.45, 2.75) is 6.04 Å². The van der Waals surface area contributed by atoms with Crippen LogP contribution in [0.3, 0.4) is 0 Å². The Hall–Kier alpha value is -1.78. The predicted octanol–water partition coefficient (Wildman–Crippen LogP) is 1.11. The van der Waals surface area contributed by atoms with Crippen LogP contribution in [0.15, 0.2) is 18.2 Å². The number of benzene rings is 1. The van der Waals surface area contributed by atoms with Gasteiger partial charge < -0.3 is 14.7 Å². The summed E-state index contributed by atoms with van der Waals surface area (Å²) in [6, 6.07) is 3.29. The van der Waals surface area contributed by atoms with E-state index in [1.54, 1.807) is 7.05 Å². The van der Waals surface area contributed by atoms with Crippen LogP contribution in [0, 0.1) is 5.82 Å². The molecule has 80 valence electrons. The Bertz CT molecular complexity index is 408. The molecule has 1 heterocycles. The van der Waals surface area contributed by atoms with Gasteiger partial charge in [0.2, 0.25) is 0 Å². The number of likely N-dealkylation sites (N-methyl/N-ethyl adjacent to an activating group) is 1. The Balaban J connectivity index is 2.40. The molecule has 0 aromatic heterocycles. The molecule has 1 aliphatic rings. The third-order valence-electron chi connectivity index (χ3n) is 2.45. The minimum absolute atomic E-state index is 0.0739. The summed E-state index contributed by atoms with van der Waals surface area (Å²) in [6.07, 6.45) is 0. The summed E-state index contributed by atoms with van der Waals surface area (Å²) in [5.74, 6) is -0.876. The Morgan fingerprint density at radius 3 is 3.07 bits per heavy atom. The first-order chi connectivity index (χ1) is 7.09. The highest BCUT2D eigenvalue weighted by molar-refractivity contribution is 5.80. The van der Waals surface area contributed by atoms with Crippen molar-refractivity contribution in [3.63, 3.8) is 0 Å². The predicted molar refractivity (Wildman–Crippen MR) is 51.7 cm³/mol. The molecule has 0 amide bonds. The monoisotopic (exact) mass is 211 g/mol. The van der Waals surface area contributed by atoms with Crippen molar-refractivity contribution in [3.8, 4) is 5.75 Å². The summed E-state index contributed by atoms with van der Waals surface area (Å²) in [5, 5.41) is 8.89. The van der Waals surface area contributed by atoms with Gasteiger partial charge in [0.1, 0.15) is 18.2 Å². The van der Waals surface area contributed by atoms with Crippen molar-refractivity contribution < 1.29 is 19.0 Å². The normalized spacial score (nSPS) is 19.3. The highest BCUT2D eigenvalue weighted by Gasteiger charge is 2.30. The first-order valence-electron chi connectivity index (χ1n) is 4.47. The highest BCUT2D eigenvalue weighted by atomic mass is 19.1. The average Bonchev–Trinajstić information content (AvgIpc) is 2.19. The number of halogens is 1. The highest BCUT2D eigenvalue weighted by Crippen LogP contribution is 2.33. The van der Waals surface area contributed by atoms with Crippen molar-refractivity contribution in [3.05, 3.63) is 24.0 Å². The first kappa shape index (κ1) is 9.76. The van der Waals surface area contributed by atoms with Gasteiger partial charge in [-0.15, -0.1) is 0 Å². The molecule has 1 aromatic carbocycles.